The van der Waals surface area contributed by atoms with Crippen LogP contribution in [0.15, 0.2) is 53.7 Å². The van der Waals surface area contributed by atoms with Crippen LogP contribution in [0.4, 0.5) is 5.69 Å². The Morgan fingerprint density at radius 3 is 2.68 bits per heavy atom. The molecule has 0 spiro atoms. The van der Waals surface area contributed by atoms with E-state index in [4.69, 9.17) is 11.6 Å². The predicted molar refractivity (Wildman–Crippen MR) is 122 cm³/mol. The molecule has 0 unspecified atom stereocenters. The first-order chi connectivity index (χ1) is 14.9. The smallest absolute Gasteiger partial charge is 0.251 e. The van der Waals surface area contributed by atoms with Gasteiger partial charge in [0.1, 0.15) is 0 Å². The number of benzene rings is 2. The van der Waals surface area contributed by atoms with Crippen LogP contribution in [0.2, 0.25) is 5.02 Å². The molecular weight excluding hydrogens is 434 g/mol. The Bertz CT molecular complexity index is 1120. The molecule has 31 heavy (non-hydrogen) atoms. The molecular formula is C22H22ClN5O2S. The number of hydrogen-bond acceptors (Lipinski definition) is 5. The second-order valence-corrected chi connectivity index (χ2v) is 8.69. The van der Waals surface area contributed by atoms with E-state index in [1.54, 1.807) is 24.3 Å². The molecule has 4 rings (SSSR count). The van der Waals surface area contributed by atoms with Gasteiger partial charge in [-0.15, -0.1) is 10.2 Å². The second kappa shape index (κ2) is 9.11. The molecule has 7 nitrogen and oxygen atoms in total. The second-order valence-electron chi connectivity index (χ2n) is 7.31. The first-order valence-electron chi connectivity index (χ1n) is 9.91. The van der Waals surface area contributed by atoms with Crippen LogP contribution in [0.3, 0.4) is 0 Å². The largest absolute Gasteiger partial charge is 0.342 e. The molecule has 160 valence electrons. The SMILES string of the molecule is C[C@H](NC(=O)c1ccc(Cl)cc1)c1nnc(SCC(=O)N2CCc3ccccc32)n1C. The number of hydrogen-bond donors (Lipinski definition) is 1. The summed E-state index contributed by atoms with van der Waals surface area (Å²) in [5.41, 5.74) is 2.71. The van der Waals surface area contributed by atoms with Gasteiger partial charge in [-0.1, -0.05) is 41.6 Å². The lowest BCUT2D eigenvalue weighted by Gasteiger charge is -2.17. The standard InChI is InChI=1S/C22H22ClN5O2S/c1-14(24-21(30)16-7-9-17(23)10-8-16)20-25-26-22(27(20)2)31-13-19(29)28-12-11-15-5-3-4-6-18(15)28/h3-10,14H,11-13H2,1-2H3,(H,24,30)/t14-/m0/s1. The molecule has 2 aromatic carbocycles. The number of amides is 2. The topological polar surface area (TPSA) is 80.1 Å². The van der Waals surface area contributed by atoms with Gasteiger partial charge in [0.05, 0.1) is 11.8 Å². The number of carbonyl (C=O) groups is 2. The fourth-order valence-corrected chi connectivity index (χ4v) is 4.50. The summed E-state index contributed by atoms with van der Waals surface area (Å²) in [7, 11) is 1.83. The molecule has 0 fully saturated rings. The number of para-hydroxylation sites is 1. The highest BCUT2D eigenvalue weighted by atomic mass is 35.5. The fourth-order valence-electron chi connectivity index (χ4n) is 3.58. The minimum absolute atomic E-state index is 0.0450. The van der Waals surface area contributed by atoms with Crippen molar-refractivity contribution in [2.75, 3.05) is 17.2 Å². The molecule has 2 heterocycles. The molecule has 1 N–H and O–H groups in total. The van der Waals surface area contributed by atoms with Crippen molar-refractivity contribution < 1.29 is 9.59 Å². The number of anilines is 1. The number of thioether (sulfide) groups is 1. The first kappa shape index (κ1) is 21.4. The van der Waals surface area contributed by atoms with E-state index in [1.165, 1.54) is 17.3 Å². The summed E-state index contributed by atoms with van der Waals surface area (Å²) in [6.45, 7) is 2.55. The quantitative estimate of drug-likeness (QED) is 0.574. The molecule has 1 aliphatic rings. The van der Waals surface area contributed by atoms with Gasteiger partial charge >= 0.3 is 0 Å². The van der Waals surface area contributed by atoms with Gasteiger partial charge in [-0.2, -0.15) is 0 Å². The number of fused-ring (bicyclic) bond motifs is 1. The highest BCUT2D eigenvalue weighted by Gasteiger charge is 2.25. The predicted octanol–water partition coefficient (Wildman–Crippen LogP) is 3.64. The molecule has 9 heteroatoms. The van der Waals surface area contributed by atoms with Crippen molar-refractivity contribution in [3.63, 3.8) is 0 Å². The van der Waals surface area contributed by atoms with Gasteiger partial charge in [0, 0.05) is 29.9 Å². The normalized spacial score (nSPS) is 13.7. The summed E-state index contributed by atoms with van der Waals surface area (Å²) < 4.78 is 1.81. The maximum absolute atomic E-state index is 12.7. The van der Waals surface area contributed by atoms with E-state index >= 15 is 0 Å². The highest BCUT2D eigenvalue weighted by Crippen LogP contribution is 2.29. The van der Waals surface area contributed by atoms with E-state index in [1.807, 2.05) is 41.6 Å². The van der Waals surface area contributed by atoms with Gasteiger partial charge in [0.2, 0.25) is 5.91 Å². The number of rotatable bonds is 6. The van der Waals surface area contributed by atoms with Gasteiger partial charge in [-0.25, -0.2) is 0 Å². The van der Waals surface area contributed by atoms with Gasteiger partial charge in [0.15, 0.2) is 11.0 Å². The minimum atomic E-state index is -0.351. The molecule has 1 aromatic heterocycles. The number of carbonyl (C=O) groups excluding carboxylic acids is 2. The molecule has 0 radical (unpaired) electrons. The van der Waals surface area contributed by atoms with Crippen LogP contribution in [-0.2, 0) is 18.3 Å². The lowest BCUT2D eigenvalue weighted by Crippen LogP contribution is -2.30. The van der Waals surface area contributed by atoms with Gasteiger partial charge in [-0.05, 0) is 49.2 Å². The monoisotopic (exact) mass is 455 g/mol. The van der Waals surface area contributed by atoms with Crippen LogP contribution in [0, 0.1) is 0 Å². The Balaban J connectivity index is 1.37. The summed E-state index contributed by atoms with van der Waals surface area (Å²) >= 11 is 7.22. The summed E-state index contributed by atoms with van der Waals surface area (Å²) in [5, 5.41) is 12.5. The van der Waals surface area contributed by atoms with E-state index in [2.05, 4.69) is 21.6 Å². The Labute approximate surface area is 189 Å². The third kappa shape index (κ3) is 4.60. The number of aromatic nitrogens is 3. The fraction of sp³-hybridized carbons (Fsp3) is 0.273. The first-order valence-corrected chi connectivity index (χ1v) is 11.3. The minimum Gasteiger partial charge on any atom is -0.342 e. The Hall–Kier alpha value is -2.84. The van der Waals surface area contributed by atoms with Crippen molar-refractivity contribution in [1.29, 1.82) is 0 Å². The third-order valence-electron chi connectivity index (χ3n) is 5.22. The molecule has 3 aromatic rings. The average Bonchev–Trinajstić information content (AvgIpc) is 3.36. The number of halogens is 1. The van der Waals surface area contributed by atoms with E-state index in [-0.39, 0.29) is 23.6 Å². The van der Waals surface area contributed by atoms with Crippen molar-refractivity contribution in [3.05, 3.63) is 70.5 Å². The van der Waals surface area contributed by atoms with E-state index < -0.39 is 0 Å². The Kier molecular flexibility index (Phi) is 6.29. The van der Waals surface area contributed by atoms with Crippen LogP contribution in [0.1, 0.15) is 34.7 Å². The van der Waals surface area contributed by atoms with Crippen LogP contribution in [-0.4, -0.2) is 38.9 Å². The zero-order chi connectivity index (χ0) is 22.0. The van der Waals surface area contributed by atoms with Crippen molar-refractivity contribution in [1.82, 2.24) is 20.1 Å². The van der Waals surface area contributed by atoms with Crippen molar-refractivity contribution >= 4 is 40.9 Å². The Morgan fingerprint density at radius 2 is 1.90 bits per heavy atom. The van der Waals surface area contributed by atoms with E-state index in [9.17, 15) is 9.59 Å². The van der Waals surface area contributed by atoms with E-state index in [0.717, 1.165) is 12.1 Å². The summed E-state index contributed by atoms with van der Waals surface area (Å²) in [5.74, 6) is 0.711. The molecule has 2 amide bonds. The van der Waals surface area contributed by atoms with Crippen molar-refractivity contribution in [2.24, 2.45) is 7.05 Å². The maximum atomic E-state index is 12.7. The summed E-state index contributed by atoms with van der Waals surface area (Å²) in [6, 6.07) is 14.3. The average molecular weight is 456 g/mol. The molecule has 0 aliphatic carbocycles. The van der Waals surface area contributed by atoms with Crippen LogP contribution < -0.4 is 10.2 Å². The Morgan fingerprint density at radius 1 is 1.16 bits per heavy atom. The number of nitrogens with zero attached hydrogens (tertiary/aromatic N) is 4. The van der Waals surface area contributed by atoms with Gasteiger partial charge in [0.25, 0.3) is 5.91 Å². The zero-order valence-electron chi connectivity index (χ0n) is 17.2. The highest BCUT2D eigenvalue weighted by molar-refractivity contribution is 7.99. The third-order valence-corrected chi connectivity index (χ3v) is 6.48. The van der Waals surface area contributed by atoms with Crippen molar-refractivity contribution in [2.45, 2.75) is 24.5 Å². The van der Waals surface area contributed by atoms with Crippen LogP contribution in [0.25, 0.3) is 0 Å². The number of nitrogens with one attached hydrogen (secondary N) is 1. The molecule has 0 saturated heterocycles. The lowest BCUT2D eigenvalue weighted by atomic mass is 10.2. The summed E-state index contributed by atoms with van der Waals surface area (Å²) in [4.78, 5) is 27.0. The lowest BCUT2D eigenvalue weighted by molar-refractivity contribution is -0.116. The summed E-state index contributed by atoms with van der Waals surface area (Å²) in [6.07, 6.45) is 0.880. The zero-order valence-corrected chi connectivity index (χ0v) is 18.8. The molecule has 0 bridgehead atoms. The maximum Gasteiger partial charge on any atom is 0.251 e. The van der Waals surface area contributed by atoms with Crippen molar-refractivity contribution in [3.8, 4) is 0 Å². The molecule has 1 aliphatic heterocycles. The molecule has 1 atom stereocenters. The van der Waals surface area contributed by atoms with E-state index in [0.29, 0.717) is 28.1 Å². The van der Waals surface area contributed by atoms with Gasteiger partial charge < -0.3 is 14.8 Å². The molecule has 0 saturated carbocycles. The van der Waals surface area contributed by atoms with Crippen LogP contribution in [0.5, 0.6) is 0 Å². The van der Waals surface area contributed by atoms with Gasteiger partial charge in [-0.3, -0.25) is 9.59 Å². The van der Waals surface area contributed by atoms with Crippen LogP contribution >= 0.6 is 23.4 Å².